The van der Waals surface area contributed by atoms with Crippen molar-refractivity contribution in [1.82, 2.24) is 5.32 Å². The molecular formula is C16H22ClNO3. The van der Waals surface area contributed by atoms with Crippen molar-refractivity contribution < 1.29 is 14.3 Å². The molecule has 0 aliphatic heterocycles. The third kappa shape index (κ3) is 5.05. The highest BCUT2D eigenvalue weighted by atomic mass is 35.5. The van der Waals surface area contributed by atoms with Crippen molar-refractivity contribution in [2.24, 2.45) is 5.92 Å². The van der Waals surface area contributed by atoms with Crippen molar-refractivity contribution in [1.29, 1.82) is 0 Å². The summed E-state index contributed by atoms with van der Waals surface area (Å²) in [5, 5.41) is 1.87. The number of halogens is 1. The minimum absolute atomic E-state index is 0.0623. The number of hydrogen-bond acceptors (Lipinski definition) is 3. The minimum atomic E-state index is -0.868. The average Bonchev–Trinajstić information content (AvgIpc) is 2.52. The van der Waals surface area contributed by atoms with E-state index in [1.54, 1.807) is 0 Å². The van der Waals surface area contributed by atoms with Crippen LogP contribution in [0.5, 0.6) is 0 Å². The number of ether oxygens (including phenoxy) is 1. The van der Waals surface area contributed by atoms with Gasteiger partial charge in [0.1, 0.15) is 5.38 Å². The largest absolute Gasteiger partial charge is 0.468 e. The number of nitrogens with one attached hydrogen (secondary N) is 1. The molecule has 116 valence electrons. The van der Waals surface area contributed by atoms with Gasteiger partial charge in [-0.3, -0.25) is 9.59 Å². The van der Waals surface area contributed by atoms with E-state index < -0.39 is 11.3 Å². The van der Waals surface area contributed by atoms with Gasteiger partial charge < -0.3 is 10.1 Å². The molecular weight excluding hydrogens is 290 g/mol. The summed E-state index contributed by atoms with van der Waals surface area (Å²) < 4.78 is 4.54. The van der Waals surface area contributed by atoms with Crippen LogP contribution in [0.3, 0.4) is 0 Å². The predicted octanol–water partition coefficient (Wildman–Crippen LogP) is 2.71. The van der Waals surface area contributed by atoms with Crippen molar-refractivity contribution in [2.45, 2.75) is 31.6 Å². The van der Waals surface area contributed by atoms with Crippen molar-refractivity contribution in [2.75, 3.05) is 13.7 Å². The first-order valence-corrected chi connectivity index (χ1v) is 7.49. The lowest BCUT2D eigenvalue weighted by molar-refractivity contribution is -0.140. The maximum atomic E-state index is 12.4. The molecule has 0 aliphatic carbocycles. The summed E-state index contributed by atoms with van der Waals surface area (Å²) in [6.45, 7) is 4.15. The molecule has 1 rings (SSSR count). The standard InChI is InChI=1S/C16H22ClNO3/c1-4-11(2)14(12-8-6-5-7-9-12)15(19)18-10-13(17)16(20)21-3/h5-9,11,13-14H,4,10H2,1-3H3,(H,18,19). The summed E-state index contributed by atoms with van der Waals surface area (Å²) >= 11 is 5.85. The lowest BCUT2D eigenvalue weighted by Gasteiger charge is -2.23. The second kappa shape index (κ2) is 8.67. The van der Waals surface area contributed by atoms with Crippen LogP contribution >= 0.6 is 11.6 Å². The summed E-state index contributed by atoms with van der Waals surface area (Å²) in [5.41, 5.74) is 0.966. The van der Waals surface area contributed by atoms with E-state index in [0.29, 0.717) is 0 Å². The topological polar surface area (TPSA) is 55.4 Å². The lowest BCUT2D eigenvalue weighted by Crippen LogP contribution is -2.38. The molecule has 0 saturated heterocycles. The molecule has 0 aliphatic rings. The second-order valence-corrected chi connectivity index (χ2v) is 5.54. The predicted molar refractivity (Wildman–Crippen MR) is 83.3 cm³/mol. The summed E-state index contributed by atoms with van der Waals surface area (Å²) in [4.78, 5) is 23.7. The number of benzene rings is 1. The van der Waals surface area contributed by atoms with Gasteiger partial charge in [-0.2, -0.15) is 0 Å². The van der Waals surface area contributed by atoms with Crippen LogP contribution in [0.15, 0.2) is 30.3 Å². The number of carbonyl (C=O) groups excluding carboxylic acids is 2. The third-order valence-corrected chi connectivity index (χ3v) is 3.90. The van der Waals surface area contributed by atoms with Crippen molar-refractivity contribution in [3.8, 4) is 0 Å². The van der Waals surface area contributed by atoms with E-state index >= 15 is 0 Å². The second-order valence-electron chi connectivity index (χ2n) is 5.01. The first-order chi connectivity index (χ1) is 10.0. The van der Waals surface area contributed by atoms with Crippen LogP contribution in [0, 0.1) is 5.92 Å². The summed E-state index contributed by atoms with van der Waals surface area (Å²) in [5.74, 6) is -0.723. The molecule has 5 heteroatoms. The van der Waals surface area contributed by atoms with Gasteiger partial charge in [0.05, 0.1) is 13.0 Å². The normalized spacial score (nSPS) is 14.9. The Bertz CT molecular complexity index is 464. The monoisotopic (exact) mass is 311 g/mol. The number of methoxy groups -OCH3 is 1. The minimum Gasteiger partial charge on any atom is -0.468 e. The van der Waals surface area contributed by atoms with Crippen molar-refractivity contribution in [3.05, 3.63) is 35.9 Å². The number of hydrogen-bond donors (Lipinski definition) is 1. The molecule has 1 aromatic rings. The molecule has 0 bridgehead atoms. The maximum Gasteiger partial charge on any atom is 0.325 e. The van der Waals surface area contributed by atoms with E-state index in [2.05, 4.69) is 10.1 Å². The van der Waals surface area contributed by atoms with Gasteiger partial charge in [0, 0.05) is 6.54 Å². The van der Waals surface area contributed by atoms with Crippen LogP contribution < -0.4 is 5.32 Å². The van der Waals surface area contributed by atoms with Gasteiger partial charge in [0.2, 0.25) is 5.91 Å². The van der Waals surface area contributed by atoms with Crippen LogP contribution in [0.25, 0.3) is 0 Å². The molecule has 3 unspecified atom stereocenters. The van der Waals surface area contributed by atoms with Gasteiger partial charge in [0.15, 0.2) is 0 Å². The Morgan fingerprint density at radius 3 is 2.43 bits per heavy atom. The van der Waals surface area contributed by atoms with Crippen molar-refractivity contribution >= 4 is 23.5 Å². The SMILES string of the molecule is CCC(C)C(C(=O)NCC(Cl)C(=O)OC)c1ccccc1. The van der Waals surface area contributed by atoms with Crippen LogP contribution in [-0.2, 0) is 14.3 Å². The number of carbonyl (C=O) groups is 2. The van der Waals surface area contributed by atoms with Gasteiger partial charge in [-0.05, 0) is 11.5 Å². The van der Waals surface area contributed by atoms with E-state index in [9.17, 15) is 9.59 Å². The Labute approximate surface area is 130 Å². The Hall–Kier alpha value is -1.55. The first-order valence-electron chi connectivity index (χ1n) is 7.05. The maximum absolute atomic E-state index is 12.4. The number of alkyl halides is 1. The van der Waals surface area contributed by atoms with Crippen molar-refractivity contribution in [3.63, 3.8) is 0 Å². The molecule has 4 nitrogen and oxygen atoms in total. The zero-order valence-electron chi connectivity index (χ0n) is 12.6. The molecule has 0 saturated carbocycles. The Kier molecular flexibility index (Phi) is 7.23. The highest BCUT2D eigenvalue weighted by molar-refractivity contribution is 6.30. The van der Waals surface area contributed by atoms with E-state index in [4.69, 9.17) is 11.6 Å². The van der Waals surface area contributed by atoms with Gasteiger partial charge in [0.25, 0.3) is 0 Å². The highest BCUT2D eigenvalue weighted by Crippen LogP contribution is 2.27. The van der Waals surface area contributed by atoms with E-state index in [1.807, 2.05) is 44.2 Å². The molecule has 3 atom stereocenters. The molecule has 0 heterocycles. The molecule has 0 fully saturated rings. The van der Waals surface area contributed by atoms with E-state index in [-0.39, 0.29) is 24.3 Å². The average molecular weight is 312 g/mol. The molecule has 21 heavy (non-hydrogen) atoms. The fourth-order valence-electron chi connectivity index (χ4n) is 2.15. The zero-order valence-corrected chi connectivity index (χ0v) is 13.4. The summed E-state index contributed by atoms with van der Waals surface area (Å²) in [6, 6.07) is 9.62. The summed E-state index contributed by atoms with van der Waals surface area (Å²) in [7, 11) is 1.27. The highest BCUT2D eigenvalue weighted by Gasteiger charge is 2.27. The van der Waals surface area contributed by atoms with Gasteiger partial charge in [-0.25, -0.2) is 0 Å². The number of esters is 1. The van der Waals surface area contributed by atoms with E-state index in [0.717, 1.165) is 12.0 Å². The Morgan fingerprint density at radius 2 is 1.90 bits per heavy atom. The zero-order chi connectivity index (χ0) is 15.8. The molecule has 0 radical (unpaired) electrons. The van der Waals surface area contributed by atoms with Gasteiger partial charge in [-0.1, -0.05) is 50.6 Å². The fourth-order valence-corrected chi connectivity index (χ4v) is 2.31. The Balaban J connectivity index is 2.76. The molecule has 1 N–H and O–H groups in total. The third-order valence-electron chi connectivity index (χ3n) is 3.57. The Morgan fingerprint density at radius 1 is 1.29 bits per heavy atom. The van der Waals surface area contributed by atoms with Crippen LogP contribution in [-0.4, -0.2) is 30.9 Å². The number of amides is 1. The van der Waals surface area contributed by atoms with Gasteiger partial charge >= 0.3 is 5.97 Å². The first kappa shape index (κ1) is 17.5. The van der Waals surface area contributed by atoms with Gasteiger partial charge in [-0.15, -0.1) is 11.6 Å². The van der Waals surface area contributed by atoms with Crippen LogP contribution in [0.1, 0.15) is 31.7 Å². The molecule has 1 aromatic carbocycles. The smallest absolute Gasteiger partial charge is 0.325 e. The van der Waals surface area contributed by atoms with Crippen LogP contribution in [0.2, 0.25) is 0 Å². The number of rotatable bonds is 7. The van der Waals surface area contributed by atoms with E-state index in [1.165, 1.54) is 7.11 Å². The molecule has 1 amide bonds. The quantitative estimate of drug-likeness (QED) is 0.622. The molecule has 0 spiro atoms. The lowest BCUT2D eigenvalue weighted by atomic mass is 9.85. The van der Waals surface area contributed by atoms with Crippen LogP contribution in [0.4, 0.5) is 0 Å². The fraction of sp³-hybridized carbons (Fsp3) is 0.500. The summed E-state index contributed by atoms with van der Waals surface area (Å²) in [6.07, 6.45) is 0.883. The molecule has 0 aromatic heterocycles.